The zero-order valence-electron chi connectivity index (χ0n) is 28.0. The molecule has 1 N–H and O–H groups in total. The molecule has 244 valence electrons. The number of piperidine rings is 1. The second-order valence-electron chi connectivity index (χ2n) is 17.3. The fourth-order valence-corrected chi connectivity index (χ4v) is 13.5. The summed E-state index contributed by atoms with van der Waals surface area (Å²) in [6, 6.07) is 10.9. The number of aliphatic hydroxyl groups excluding tert-OH is 1. The Kier molecular flexibility index (Phi) is 7.62. The van der Waals surface area contributed by atoms with E-state index in [1.807, 2.05) is 6.07 Å². The molecular formula is C39H59NO4. The van der Waals surface area contributed by atoms with E-state index in [4.69, 9.17) is 14.2 Å². The van der Waals surface area contributed by atoms with Gasteiger partial charge < -0.3 is 19.3 Å². The van der Waals surface area contributed by atoms with Crippen LogP contribution in [0.5, 0.6) is 0 Å². The summed E-state index contributed by atoms with van der Waals surface area (Å²) in [5.41, 5.74) is 2.51. The summed E-state index contributed by atoms with van der Waals surface area (Å²) in [7, 11) is 0. The van der Waals surface area contributed by atoms with Crippen LogP contribution >= 0.6 is 0 Å². The lowest BCUT2D eigenvalue weighted by molar-refractivity contribution is -0.148. The van der Waals surface area contributed by atoms with Gasteiger partial charge in [-0.05, 0) is 110 Å². The number of hydrogen-bond acceptors (Lipinski definition) is 5. The van der Waals surface area contributed by atoms with Crippen molar-refractivity contribution in [1.29, 1.82) is 0 Å². The Bertz CT molecular complexity index is 1190. The fourth-order valence-electron chi connectivity index (χ4n) is 13.5. The quantitative estimate of drug-likeness (QED) is 0.320. The molecule has 0 aromatic heterocycles. The van der Waals surface area contributed by atoms with E-state index in [0.717, 1.165) is 49.7 Å². The van der Waals surface area contributed by atoms with Crippen LogP contribution in [0.3, 0.4) is 0 Å². The summed E-state index contributed by atoms with van der Waals surface area (Å²) in [6.45, 7) is 15.2. The van der Waals surface area contributed by atoms with Gasteiger partial charge in [0.05, 0.1) is 44.2 Å². The molecule has 5 saturated carbocycles. The maximum Gasteiger partial charge on any atom is 0.0787 e. The van der Waals surface area contributed by atoms with Crippen molar-refractivity contribution in [2.24, 2.45) is 51.8 Å². The molecule has 2 aliphatic heterocycles. The number of likely N-dealkylation sites (tertiary alicyclic amines) is 1. The van der Waals surface area contributed by atoms with Gasteiger partial charge in [0.2, 0.25) is 0 Å². The molecule has 44 heavy (non-hydrogen) atoms. The van der Waals surface area contributed by atoms with Crippen molar-refractivity contribution in [3.63, 3.8) is 0 Å². The Balaban J connectivity index is 0.929. The van der Waals surface area contributed by atoms with Gasteiger partial charge in [-0.1, -0.05) is 58.0 Å². The summed E-state index contributed by atoms with van der Waals surface area (Å²) in [6.07, 6.45) is 13.1. The van der Waals surface area contributed by atoms with Crippen LogP contribution in [0.4, 0.5) is 0 Å². The lowest BCUT2D eigenvalue weighted by Gasteiger charge is -2.54. The van der Waals surface area contributed by atoms with Gasteiger partial charge in [0.25, 0.3) is 0 Å². The number of fused-ring (bicyclic) bond motifs is 6. The molecule has 2 saturated heterocycles. The molecule has 7 aliphatic rings. The third kappa shape index (κ3) is 4.41. The molecule has 1 aromatic carbocycles. The normalized spacial score (nSPS) is 50.9. The summed E-state index contributed by atoms with van der Waals surface area (Å²) >= 11 is 0. The van der Waals surface area contributed by atoms with Crippen LogP contribution in [0.15, 0.2) is 30.3 Å². The van der Waals surface area contributed by atoms with Crippen LogP contribution in [0, 0.1) is 51.8 Å². The van der Waals surface area contributed by atoms with Crippen molar-refractivity contribution < 1.29 is 19.3 Å². The second kappa shape index (κ2) is 11.0. The molecule has 0 radical (unpaired) electrons. The minimum absolute atomic E-state index is 0.0316. The van der Waals surface area contributed by atoms with Gasteiger partial charge in [0.1, 0.15) is 0 Å². The first-order valence-electron chi connectivity index (χ1n) is 18.5. The molecule has 13 atom stereocenters. The smallest absolute Gasteiger partial charge is 0.0787 e. The Morgan fingerprint density at radius 1 is 0.932 bits per heavy atom. The van der Waals surface area contributed by atoms with Crippen LogP contribution in [-0.2, 0) is 20.8 Å². The molecule has 0 bridgehead atoms. The zero-order valence-corrected chi connectivity index (χ0v) is 28.0. The molecule has 5 nitrogen and oxygen atoms in total. The van der Waals surface area contributed by atoms with E-state index in [1.54, 1.807) is 0 Å². The average molecular weight is 606 g/mol. The highest BCUT2D eigenvalue weighted by Crippen LogP contribution is 2.87. The number of aliphatic hydroxyl groups is 1. The predicted molar refractivity (Wildman–Crippen MR) is 173 cm³/mol. The summed E-state index contributed by atoms with van der Waals surface area (Å²) < 4.78 is 19.5. The summed E-state index contributed by atoms with van der Waals surface area (Å²) in [5, 5.41) is 10.5. The molecule has 3 unspecified atom stereocenters. The fraction of sp³-hybridized carbons (Fsp3) is 0.846. The first kappa shape index (κ1) is 30.4. The van der Waals surface area contributed by atoms with Crippen molar-refractivity contribution in [2.45, 2.75) is 122 Å². The van der Waals surface area contributed by atoms with Crippen LogP contribution < -0.4 is 0 Å². The van der Waals surface area contributed by atoms with Crippen molar-refractivity contribution >= 4 is 0 Å². The first-order valence-corrected chi connectivity index (χ1v) is 18.5. The summed E-state index contributed by atoms with van der Waals surface area (Å²) in [5.74, 6) is 4.64. The van der Waals surface area contributed by atoms with Crippen LogP contribution in [0.25, 0.3) is 0 Å². The Labute approximate surface area is 266 Å². The van der Waals surface area contributed by atoms with E-state index >= 15 is 0 Å². The van der Waals surface area contributed by atoms with Crippen molar-refractivity contribution in [3.8, 4) is 0 Å². The van der Waals surface area contributed by atoms with E-state index in [9.17, 15) is 5.11 Å². The number of benzene rings is 1. The molecule has 2 spiro atoms. The van der Waals surface area contributed by atoms with E-state index < -0.39 is 0 Å². The van der Waals surface area contributed by atoms with E-state index in [0.29, 0.717) is 60.0 Å². The van der Waals surface area contributed by atoms with Gasteiger partial charge in [0, 0.05) is 30.5 Å². The zero-order chi connectivity index (χ0) is 30.3. The second-order valence-corrected chi connectivity index (χ2v) is 17.3. The van der Waals surface area contributed by atoms with Gasteiger partial charge in [-0.2, -0.15) is 0 Å². The number of rotatable bonds is 8. The molecular weight excluding hydrogens is 546 g/mol. The minimum Gasteiger partial charge on any atom is -0.393 e. The Morgan fingerprint density at radius 2 is 1.75 bits per heavy atom. The minimum atomic E-state index is -0.0549. The molecule has 2 heterocycles. The van der Waals surface area contributed by atoms with E-state index in [-0.39, 0.29) is 11.7 Å². The van der Waals surface area contributed by atoms with Crippen molar-refractivity contribution in [1.82, 2.24) is 4.90 Å². The van der Waals surface area contributed by atoms with E-state index in [2.05, 4.69) is 56.9 Å². The third-order valence-electron chi connectivity index (χ3n) is 15.5. The maximum atomic E-state index is 10.5. The van der Waals surface area contributed by atoms with Gasteiger partial charge in [-0.15, -0.1) is 0 Å². The van der Waals surface area contributed by atoms with Crippen molar-refractivity contribution in [3.05, 3.63) is 35.9 Å². The summed E-state index contributed by atoms with van der Waals surface area (Å²) in [4.78, 5) is 2.76. The highest BCUT2D eigenvalue weighted by molar-refractivity contribution is 5.33. The predicted octanol–water partition coefficient (Wildman–Crippen LogP) is 7.11. The molecule has 5 heteroatoms. The van der Waals surface area contributed by atoms with E-state index in [1.165, 1.54) is 63.5 Å². The number of ether oxygens (including phenoxy) is 3. The maximum absolute atomic E-state index is 10.5. The Morgan fingerprint density at radius 3 is 2.59 bits per heavy atom. The molecule has 7 fully saturated rings. The molecule has 8 rings (SSSR count). The highest BCUT2D eigenvalue weighted by Gasteiger charge is 2.84. The Hall–Kier alpha value is -0.980. The molecule has 0 amide bonds. The van der Waals surface area contributed by atoms with Crippen LogP contribution in [-0.4, -0.2) is 66.8 Å². The van der Waals surface area contributed by atoms with Crippen LogP contribution in [0.2, 0.25) is 0 Å². The molecule has 5 aliphatic carbocycles. The van der Waals surface area contributed by atoms with Gasteiger partial charge in [-0.3, -0.25) is 4.90 Å². The van der Waals surface area contributed by atoms with Crippen LogP contribution in [0.1, 0.15) is 97.5 Å². The third-order valence-corrected chi connectivity index (χ3v) is 15.5. The average Bonchev–Trinajstić information content (AvgIpc) is 3.35. The highest BCUT2D eigenvalue weighted by atomic mass is 16.5. The monoisotopic (exact) mass is 605 g/mol. The standard InChI is InChI=1S/C39H59NO4/c1-26-20-34-35(40(23-26)16-17-42-18-19-43-24-28-8-6-5-7-9-28)27(2)39(44-34)15-13-32-31-11-10-29-21-30(41)12-14-36(29,3)33(31)22-38(32)25-37(38,39)4/h5-9,26-27,29-35,41H,10-25H2,1-4H3/t26-,27+,29?,30-,31-,32-,33-,34+,35-,36-,37?,38?,39+/m0/s1. The number of nitrogens with zero attached hydrogens (tertiary/aromatic N) is 1. The van der Waals surface area contributed by atoms with Gasteiger partial charge in [-0.25, -0.2) is 0 Å². The first-order chi connectivity index (χ1) is 21.2. The largest absolute Gasteiger partial charge is 0.393 e. The molecule has 1 aromatic rings. The van der Waals surface area contributed by atoms with Crippen molar-refractivity contribution in [2.75, 3.05) is 32.9 Å². The number of hydrogen-bond donors (Lipinski definition) is 1. The van der Waals surface area contributed by atoms with Gasteiger partial charge in [0.15, 0.2) is 0 Å². The topological polar surface area (TPSA) is 51.2 Å². The SMILES string of the molecule is C[C@H]1C[C@H]2O[C@]3(CC[C@H]4[C@@H]5CCC6C[C@@H](O)CC[C@]6(C)[C@H]5CC45CC53C)[C@H](C)[C@@H]2N(CCOCCOCc2ccccc2)C1. The lowest BCUT2D eigenvalue weighted by Crippen LogP contribution is -2.55. The lowest BCUT2D eigenvalue weighted by atomic mass is 9.52. The van der Waals surface area contributed by atoms with Gasteiger partial charge >= 0.3 is 0 Å².